The number of amides is 1. The average molecular weight is 311 g/mol. The molecule has 22 heavy (non-hydrogen) atoms. The molecule has 1 aliphatic heterocycles. The van der Waals surface area contributed by atoms with Crippen LogP contribution >= 0.6 is 0 Å². The number of nitrogens with two attached hydrogens (primary N) is 1. The highest BCUT2D eigenvalue weighted by Crippen LogP contribution is 2.37. The highest BCUT2D eigenvalue weighted by molar-refractivity contribution is 6.01. The number of nitrogens with one attached hydrogen (secondary N) is 1. The molecule has 10 heteroatoms. The van der Waals surface area contributed by atoms with Gasteiger partial charge >= 0.3 is 0 Å². The largest absolute Gasteiger partial charge is 0.394 e. The van der Waals surface area contributed by atoms with Crippen LogP contribution in [0.3, 0.4) is 0 Å². The Morgan fingerprint density at radius 1 is 1.55 bits per heavy atom. The van der Waals surface area contributed by atoms with E-state index in [-0.39, 0.29) is 11.5 Å². The number of fused-ring (bicyclic) bond motifs is 1. The molecule has 1 aliphatic rings. The lowest BCUT2D eigenvalue weighted by molar-refractivity contribution is -0.105. The molecule has 2 aromatic heterocycles. The number of anilines is 2. The zero-order valence-corrected chi connectivity index (χ0v) is 11.3. The second-order valence-corrected chi connectivity index (χ2v) is 4.85. The summed E-state index contributed by atoms with van der Waals surface area (Å²) in [5, 5.41) is 21.9. The van der Waals surface area contributed by atoms with E-state index in [0.29, 0.717) is 17.5 Å². The minimum atomic E-state index is -1.74. The standard InChI is InChI=1S/C12H14FN5O4/c13-8-6(2-19)22-12(9(8)21)18-1-5(17-4-20)7-10(14)15-3-16-11(7)18/h1,3-4,6,8-9,12,19,21H,2H2,(H,17,20)(H2,14,15,16)/t6-,8-,9-,12-/m1/s1. The van der Waals surface area contributed by atoms with Crippen molar-refractivity contribution < 1.29 is 24.1 Å². The molecule has 4 atom stereocenters. The monoisotopic (exact) mass is 311 g/mol. The first-order valence-electron chi connectivity index (χ1n) is 6.48. The molecular formula is C12H14FN5O4. The van der Waals surface area contributed by atoms with Crippen LogP contribution in [0.5, 0.6) is 0 Å². The number of halogens is 1. The van der Waals surface area contributed by atoms with Gasteiger partial charge in [0.15, 0.2) is 12.4 Å². The summed E-state index contributed by atoms with van der Waals surface area (Å²) in [7, 11) is 0. The molecule has 9 nitrogen and oxygen atoms in total. The number of alkyl halides is 1. The molecular weight excluding hydrogens is 297 g/mol. The lowest BCUT2D eigenvalue weighted by Crippen LogP contribution is -2.29. The second-order valence-electron chi connectivity index (χ2n) is 4.85. The van der Waals surface area contributed by atoms with E-state index in [1.54, 1.807) is 0 Å². The van der Waals surface area contributed by atoms with Crippen LogP contribution in [0.1, 0.15) is 6.23 Å². The summed E-state index contributed by atoms with van der Waals surface area (Å²) in [5.41, 5.74) is 6.35. The van der Waals surface area contributed by atoms with Crippen LogP contribution in [0.4, 0.5) is 15.9 Å². The van der Waals surface area contributed by atoms with Crippen molar-refractivity contribution in [2.24, 2.45) is 0 Å². The summed E-state index contributed by atoms with van der Waals surface area (Å²) >= 11 is 0. The lowest BCUT2D eigenvalue weighted by Gasteiger charge is -2.16. The van der Waals surface area contributed by atoms with Gasteiger partial charge in [0.2, 0.25) is 6.41 Å². The van der Waals surface area contributed by atoms with Gasteiger partial charge in [0, 0.05) is 6.20 Å². The first kappa shape index (κ1) is 14.6. The van der Waals surface area contributed by atoms with E-state index >= 15 is 0 Å². The molecule has 5 N–H and O–H groups in total. The summed E-state index contributed by atoms with van der Waals surface area (Å²) < 4.78 is 20.6. The van der Waals surface area contributed by atoms with E-state index in [1.807, 2.05) is 0 Å². The van der Waals surface area contributed by atoms with Gasteiger partial charge in [-0.2, -0.15) is 0 Å². The number of aliphatic hydroxyl groups is 2. The van der Waals surface area contributed by atoms with E-state index in [1.165, 1.54) is 17.1 Å². The molecule has 0 spiro atoms. The topological polar surface area (TPSA) is 136 Å². The maximum Gasteiger partial charge on any atom is 0.211 e. The number of aromatic nitrogens is 3. The van der Waals surface area contributed by atoms with Crippen molar-refractivity contribution in [3.63, 3.8) is 0 Å². The summed E-state index contributed by atoms with van der Waals surface area (Å²) in [4.78, 5) is 18.6. The van der Waals surface area contributed by atoms with Gasteiger partial charge in [-0.3, -0.25) is 4.79 Å². The van der Waals surface area contributed by atoms with Gasteiger partial charge in [-0.1, -0.05) is 0 Å². The van der Waals surface area contributed by atoms with Gasteiger partial charge in [0.25, 0.3) is 0 Å². The van der Waals surface area contributed by atoms with E-state index in [0.717, 1.165) is 0 Å². The molecule has 0 aromatic carbocycles. The molecule has 0 bridgehead atoms. The zero-order chi connectivity index (χ0) is 15.9. The highest BCUT2D eigenvalue weighted by atomic mass is 19.1. The zero-order valence-electron chi connectivity index (χ0n) is 11.3. The Bertz CT molecular complexity index is 708. The first-order valence-corrected chi connectivity index (χ1v) is 6.48. The molecule has 3 rings (SSSR count). The average Bonchev–Trinajstić information content (AvgIpc) is 3.00. The van der Waals surface area contributed by atoms with Gasteiger partial charge in [-0.05, 0) is 0 Å². The molecule has 1 fully saturated rings. The molecule has 0 saturated carbocycles. The third-order valence-corrected chi connectivity index (χ3v) is 3.60. The minimum Gasteiger partial charge on any atom is -0.394 e. The number of nitrogens with zero attached hydrogens (tertiary/aromatic N) is 3. The van der Waals surface area contributed by atoms with Crippen molar-refractivity contribution in [1.82, 2.24) is 14.5 Å². The Kier molecular flexibility index (Phi) is 3.64. The predicted octanol–water partition coefficient (Wildman–Crippen LogP) is -0.830. The second kappa shape index (κ2) is 5.48. The summed E-state index contributed by atoms with van der Waals surface area (Å²) in [6, 6.07) is 0. The van der Waals surface area contributed by atoms with Crippen LogP contribution in [-0.4, -0.2) is 56.1 Å². The summed E-state index contributed by atoms with van der Waals surface area (Å²) in [5.74, 6) is 0.121. The number of carbonyl (C=O) groups excluding carboxylic acids is 1. The lowest BCUT2D eigenvalue weighted by atomic mass is 10.1. The van der Waals surface area contributed by atoms with Crippen LogP contribution in [0.25, 0.3) is 11.0 Å². The smallest absolute Gasteiger partial charge is 0.211 e. The third kappa shape index (κ3) is 2.08. The van der Waals surface area contributed by atoms with Crippen molar-refractivity contribution in [3.8, 4) is 0 Å². The molecule has 0 aliphatic carbocycles. The fourth-order valence-corrected chi connectivity index (χ4v) is 2.56. The van der Waals surface area contributed by atoms with Crippen molar-refractivity contribution >= 4 is 28.9 Å². The fraction of sp³-hybridized carbons (Fsp3) is 0.417. The van der Waals surface area contributed by atoms with E-state index in [9.17, 15) is 14.3 Å². The normalized spacial score (nSPS) is 28.1. The minimum absolute atomic E-state index is 0.121. The van der Waals surface area contributed by atoms with Gasteiger partial charge < -0.3 is 30.6 Å². The Balaban J connectivity index is 2.12. The Hall–Kier alpha value is -2.30. The number of aliphatic hydroxyl groups excluding tert-OH is 2. The van der Waals surface area contributed by atoms with E-state index in [2.05, 4.69) is 15.3 Å². The van der Waals surface area contributed by atoms with Crippen LogP contribution in [0, 0.1) is 0 Å². The van der Waals surface area contributed by atoms with Crippen LogP contribution in [-0.2, 0) is 9.53 Å². The molecule has 1 amide bonds. The number of carbonyl (C=O) groups is 1. The molecule has 118 valence electrons. The van der Waals surface area contributed by atoms with Gasteiger partial charge in [-0.25, -0.2) is 14.4 Å². The Morgan fingerprint density at radius 3 is 2.95 bits per heavy atom. The van der Waals surface area contributed by atoms with Gasteiger partial charge in [0.1, 0.15) is 30.0 Å². The van der Waals surface area contributed by atoms with Crippen LogP contribution in [0.15, 0.2) is 12.5 Å². The summed E-state index contributed by atoms with van der Waals surface area (Å²) in [6.45, 7) is -0.565. The van der Waals surface area contributed by atoms with Crippen molar-refractivity contribution in [2.75, 3.05) is 17.7 Å². The number of hydrogen-bond acceptors (Lipinski definition) is 7. The molecule has 3 heterocycles. The van der Waals surface area contributed by atoms with Crippen molar-refractivity contribution in [1.29, 1.82) is 0 Å². The fourth-order valence-electron chi connectivity index (χ4n) is 2.56. The number of nitrogen functional groups attached to an aromatic ring is 1. The molecule has 2 aromatic rings. The van der Waals surface area contributed by atoms with E-state index in [4.69, 9.17) is 15.6 Å². The maximum atomic E-state index is 13.9. The third-order valence-electron chi connectivity index (χ3n) is 3.60. The summed E-state index contributed by atoms with van der Waals surface area (Å²) in [6.07, 6.45) is -2.40. The Morgan fingerprint density at radius 2 is 2.32 bits per heavy atom. The maximum absolute atomic E-state index is 13.9. The number of rotatable bonds is 4. The highest BCUT2D eigenvalue weighted by Gasteiger charge is 2.45. The quantitative estimate of drug-likeness (QED) is 0.541. The number of ether oxygens (including phenoxy) is 1. The Labute approximate surface area is 123 Å². The SMILES string of the molecule is Nc1ncnc2c1c(NC=O)cn2[C@@H]1O[C@H](CO)[C@@H](F)[C@H]1O. The van der Waals surface area contributed by atoms with E-state index < -0.39 is 31.2 Å². The molecule has 0 unspecified atom stereocenters. The predicted molar refractivity (Wildman–Crippen MR) is 73.5 cm³/mol. The van der Waals surface area contributed by atoms with Crippen molar-refractivity contribution in [3.05, 3.63) is 12.5 Å². The van der Waals surface area contributed by atoms with Gasteiger partial charge in [0.05, 0.1) is 17.7 Å². The van der Waals surface area contributed by atoms with Gasteiger partial charge in [-0.15, -0.1) is 0 Å². The molecule has 0 radical (unpaired) electrons. The molecule has 1 saturated heterocycles. The van der Waals surface area contributed by atoms with Crippen LogP contribution < -0.4 is 11.1 Å². The first-order chi connectivity index (χ1) is 10.6. The van der Waals surface area contributed by atoms with Crippen LogP contribution in [0.2, 0.25) is 0 Å². The van der Waals surface area contributed by atoms with Crippen molar-refractivity contribution in [2.45, 2.75) is 24.6 Å². The number of hydrogen-bond donors (Lipinski definition) is 4.